The standard InChI is InChI=1S/C16H20N2O6S2/c19-12-17-5-7-18(8-6-17)16(20)13-2-1-3-14(10-13)26(23,24)15-4-9-25(21,22)11-15/h1-3,10,12,15H,4-9,11H2. The number of carbonyl (C=O) groups is 2. The number of rotatable bonds is 4. The van der Waals surface area contributed by atoms with Crippen molar-refractivity contribution in [2.75, 3.05) is 37.7 Å². The lowest BCUT2D eigenvalue weighted by molar-refractivity contribution is -0.119. The van der Waals surface area contributed by atoms with E-state index in [1.807, 2.05) is 0 Å². The van der Waals surface area contributed by atoms with Crippen LogP contribution >= 0.6 is 0 Å². The van der Waals surface area contributed by atoms with E-state index in [2.05, 4.69) is 0 Å². The highest BCUT2D eigenvalue weighted by molar-refractivity contribution is 7.96. The average molecular weight is 400 g/mol. The zero-order valence-electron chi connectivity index (χ0n) is 14.1. The summed E-state index contributed by atoms with van der Waals surface area (Å²) in [6.07, 6.45) is 0.821. The highest BCUT2D eigenvalue weighted by Gasteiger charge is 2.38. The molecule has 3 rings (SSSR count). The van der Waals surface area contributed by atoms with E-state index in [0.29, 0.717) is 26.2 Å². The van der Waals surface area contributed by atoms with Gasteiger partial charge in [0.15, 0.2) is 19.7 Å². The summed E-state index contributed by atoms with van der Waals surface area (Å²) < 4.78 is 48.6. The zero-order valence-corrected chi connectivity index (χ0v) is 15.7. The number of piperazine rings is 1. The van der Waals surface area contributed by atoms with Crippen LogP contribution in [-0.2, 0) is 24.5 Å². The van der Waals surface area contributed by atoms with Crippen LogP contribution in [0.3, 0.4) is 0 Å². The van der Waals surface area contributed by atoms with Gasteiger partial charge in [0.25, 0.3) is 5.91 Å². The molecule has 0 saturated carbocycles. The van der Waals surface area contributed by atoms with Crippen LogP contribution in [0.2, 0.25) is 0 Å². The van der Waals surface area contributed by atoms with Gasteiger partial charge in [-0.15, -0.1) is 0 Å². The first-order valence-corrected chi connectivity index (χ1v) is 11.6. The predicted octanol–water partition coefficient (Wildman–Crippen LogP) is -0.438. The second-order valence-electron chi connectivity index (χ2n) is 6.53. The van der Waals surface area contributed by atoms with E-state index < -0.39 is 24.9 Å². The first-order valence-electron chi connectivity index (χ1n) is 8.26. The van der Waals surface area contributed by atoms with E-state index in [0.717, 1.165) is 6.41 Å². The van der Waals surface area contributed by atoms with E-state index in [-0.39, 0.29) is 34.3 Å². The lowest BCUT2D eigenvalue weighted by Gasteiger charge is -2.32. The van der Waals surface area contributed by atoms with Crippen molar-refractivity contribution in [3.8, 4) is 0 Å². The molecule has 2 heterocycles. The van der Waals surface area contributed by atoms with Gasteiger partial charge in [-0.25, -0.2) is 16.8 Å². The highest BCUT2D eigenvalue weighted by atomic mass is 32.2. The molecule has 0 spiro atoms. The lowest BCUT2D eigenvalue weighted by Crippen LogP contribution is -2.48. The fourth-order valence-corrected chi connectivity index (χ4v) is 7.62. The van der Waals surface area contributed by atoms with Crippen molar-refractivity contribution in [3.63, 3.8) is 0 Å². The van der Waals surface area contributed by atoms with Crippen LogP contribution in [0.5, 0.6) is 0 Å². The van der Waals surface area contributed by atoms with E-state index in [1.165, 1.54) is 18.2 Å². The Labute approximate surface area is 152 Å². The number of benzene rings is 1. The maximum atomic E-state index is 12.7. The molecule has 10 heteroatoms. The Morgan fingerprint density at radius 3 is 2.42 bits per heavy atom. The topological polar surface area (TPSA) is 109 Å². The molecule has 2 aliphatic rings. The van der Waals surface area contributed by atoms with Crippen LogP contribution in [0, 0.1) is 0 Å². The van der Waals surface area contributed by atoms with Crippen LogP contribution in [0.4, 0.5) is 0 Å². The monoisotopic (exact) mass is 400 g/mol. The van der Waals surface area contributed by atoms with Crippen molar-refractivity contribution >= 4 is 32.0 Å². The summed E-state index contributed by atoms with van der Waals surface area (Å²) in [6.45, 7) is 1.64. The molecule has 0 aromatic heterocycles. The Kier molecular flexibility index (Phi) is 5.07. The average Bonchev–Trinajstić information content (AvgIpc) is 3.02. The summed E-state index contributed by atoms with van der Waals surface area (Å²) in [5.74, 6) is -0.802. The van der Waals surface area contributed by atoms with Gasteiger partial charge in [0.05, 0.1) is 21.7 Å². The zero-order chi connectivity index (χ0) is 18.9. The summed E-state index contributed by atoms with van der Waals surface area (Å²) >= 11 is 0. The minimum atomic E-state index is -3.81. The van der Waals surface area contributed by atoms with Gasteiger partial charge in [-0.2, -0.15) is 0 Å². The second-order valence-corrected chi connectivity index (χ2v) is 11.0. The fraction of sp³-hybridized carbons (Fsp3) is 0.500. The maximum Gasteiger partial charge on any atom is 0.254 e. The Balaban J connectivity index is 1.80. The van der Waals surface area contributed by atoms with E-state index >= 15 is 0 Å². The van der Waals surface area contributed by atoms with Gasteiger partial charge in [-0.1, -0.05) is 6.07 Å². The molecule has 0 bridgehead atoms. The summed E-state index contributed by atoms with van der Waals surface area (Å²) in [7, 11) is -7.14. The van der Waals surface area contributed by atoms with Crippen LogP contribution in [0.1, 0.15) is 16.8 Å². The number of hydrogen-bond acceptors (Lipinski definition) is 6. The molecule has 1 atom stereocenters. The molecule has 1 unspecified atom stereocenters. The van der Waals surface area contributed by atoms with Crippen molar-refractivity contribution in [2.45, 2.75) is 16.6 Å². The normalized spacial score (nSPS) is 23.0. The van der Waals surface area contributed by atoms with E-state index in [9.17, 15) is 26.4 Å². The van der Waals surface area contributed by atoms with Crippen LogP contribution in [-0.4, -0.2) is 81.9 Å². The molecule has 8 nitrogen and oxygen atoms in total. The number of sulfone groups is 2. The first kappa shape index (κ1) is 18.8. The van der Waals surface area contributed by atoms with Crippen LogP contribution in [0.15, 0.2) is 29.2 Å². The molecule has 2 aliphatic heterocycles. The highest BCUT2D eigenvalue weighted by Crippen LogP contribution is 2.26. The molecule has 2 fully saturated rings. The van der Waals surface area contributed by atoms with Gasteiger partial charge < -0.3 is 9.80 Å². The number of hydrogen-bond donors (Lipinski definition) is 0. The van der Waals surface area contributed by atoms with Crippen molar-refractivity contribution in [3.05, 3.63) is 29.8 Å². The molecule has 26 heavy (non-hydrogen) atoms. The lowest BCUT2D eigenvalue weighted by atomic mass is 10.2. The molecule has 1 aromatic rings. The third-order valence-electron chi connectivity index (χ3n) is 4.79. The largest absolute Gasteiger partial charge is 0.342 e. The minimum Gasteiger partial charge on any atom is -0.342 e. The van der Waals surface area contributed by atoms with Gasteiger partial charge in [-0.05, 0) is 24.6 Å². The third kappa shape index (κ3) is 3.75. The third-order valence-corrected chi connectivity index (χ3v) is 8.96. The molecule has 0 aliphatic carbocycles. The number of nitrogens with zero attached hydrogens (tertiary/aromatic N) is 2. The molecule has 0 radical (unpaired) electrons. The summed E-state index contributed by atoms with van der Waals surface area (Å²) in [6, 6.07) is 5.74. The Hall–Kier alpha value is -1.94. The van der Waals surface area contributed by atoms with Crippen molar-refractivity contribution in [1.29, 1.82) is 0 Å². The molecular formula is C16H20N2O6S2. The molecule has 1 aromatic carbocycles. The molecule has 2 saturated heterocycles. The smallest absolute Gasteiger partial charge is 0.254 e. The van der Waals surface area contributed by atoms with Gasteiger partial charge in [-0.3, -0.25) is 9.59 Å². The Morgan fingerprint density at radius 2 is 1.85 bits per heavy atom. The molecule has 0 N–H and O–H groups in total. The summed E-state index contributed by atoms with van der Waals surface area (Å²) in [5.41, 5.74) is 0.242. The summed E-state index contributed by atoms with van der Waals surface area (Å²) in [5, 5.41) is -0.964. The maximum absolute atomic E-state index is 12.7. The quantitative estimate of drug-likeness (QED) is 0.634. The van der Waals surface area contributed by atoms with Crippen molar-refractivity contribution in [2.24, 2.45) is 0 Å². The second kappa shape index (κ2) is 6.99. The SMILES string of the molecule is O=CN1CCN(C(=O)c2cccc(S(=O)(=O)C3CCS(=O)(=O)C3)c2)CC1. The van der Waals surface area contributed by atoms with E-state index in [4.69, 9.17) is 0 Å². The first-order chi connectivity index (χ1) is 12.2. The van der Waals surface area contributed by atoms with Crippen LogP contribution < -0.4 is 0 Å². The fourth-order valence-electron chi connectivity index (χ4n) is 3.22. The molecule has 2 amide bonds. The van der Waals surface area contributed by atoms with Crippen molar-refractivity contribution in [1.82, 2.24) is 9.80 Å². The molecule has 142 valence electrons. The van der Waals surface area contributed by atoms with Gasteiger partial charge in [0.1, 0.15) is 0 Å². The summed E-state index contributed by atoms with van der Waals surface area (Å²) in [4.78, 5) is 26.5. The number of amides is 2. The predicted molar refractivity (Wildman–Crippen MR) is 94.2 cm³/mol. The Bertz CT molecular complexity index is 918. The van der Waals surface area contributed by atoms with E-state index in [1.54, 1.807) is 15.9 Å². The van der Waals surface area contributed by atoms with Gasteiger partial charge in [0, 0.05) is 31.7 Å². The van der Waals surface area contributed by atoms with Crippen LogP contribution in [0.25, 0.3) is 0 Å². The van der Waals surface area contributed by atoms with Gasteiger partial charge in [0.2, 0.25) is 6.41 Å². The van der Waals surface area contributed by atoms with Gasteiger partial charge >= 0.3 is 0 Å². The number of carbonyl (C=O) groups excluding carboxylic acids is 2. The Morgan fingerprint density at radius 1 is 1.15 bits per heavy atom. The molecular weight excluding hydrogens is 380 g/mol. The van der Waals surface area contributed by atoms with Crippen molar-refractivity contribution < 1.29 is 26.4 Å². The minimum absolute atomic E-state index is 0.0306.